The third-order valence-electron chi connectivity index (χ3n) is 3.90. The van der Waals surface area contributed by atoms with Gasteiger partial charge in [-0.1, -0.05) is 0 Å². The number of nitrogens with one attached hydrogen (secondary N) is 1. The number of nitrogen functional groups attached to an aromatic ring is 1. The van der Waals surface area contributed by atoms with E-state index >= 15 is 0 Å². The van der Waals surface area contributed by atoms with E-state index in [0.29, 0.717) is 6.04 Å². The van der Waals surface area contributed by atoms with Crippen molar-refractivity contribution in [2.24, 2.45) is 0 Å². The van der Waals surface area contributed by atoms with Crippen LogP contribution in [0.2, 0.25) is 0 Å². The molecule has 0 amide bonds. The van der Waals surface area contributed by atoms with E-state index in [1.807, 2.05) is 11.6 Å². The Bertz CT molecular complexity index is 415. The third kappa shape index (κ3) is 2.19. The van der Waals surface area contributed by atoms with E-state index < -0.39 is 0 Å². The molecule has 0 saturated heterocycles. The van der Waals surface area contributed by atoms with E-state index in [9.17, 15) is 0 Å². The lowest BCUT2D eigenvalue weighted by molar-refractivity contribution is -0.0602. The molecule has 0 atom stereocenters. The fourth-order valence-electron chi connectivity index (χ4n) is 2.38. The minimum absolute atomic E-state index is 0.00752. The highest BCUT2D eigenvalue weighted by Crippen LogP contribution is 2.36. The second-order valence-electron chi connectivity index (χ2n) is 5.48. The van der Waals surface area contributed by atoms with Gasteiger partial charge < -0.3 is 15.8 Å². The van der Waals surface area contributed by atoms with Crippen molar-refractivity contribution in [1.29, 1.82) is 0 Å². The van der Waals surface area contributed by atoms with E-state index in [1.165, 1.54) is 6.42 Å². The Morgan fingerprint density at radius 2 is 2.17 bits per heavy atom. The standard InChI is InChI=1S/C13H24N4O/c1-9(2)17-12(11(14)10(3)16-17)15-8-13(18-4)6-5-7-13/h9,15H,5-8,14H2,1-4H3. The second-order valence-corrected chi connectivity index (χ2v) is 5.48. The van der Waals surface area contributed by atoms with Gasteiger partial charge in [-0.3, -0.25) is 0 Å². The molecular formula is C13H24N4O. The zero-order chi connectivity index (χ0) is 13.3. The van der Waals surface area contributed by atoms with Crippen molar-refractivity contribution in [3.05, 3.63) is 5.69 Å². The Morgan fingerprint density at radius 1 is 1.50 bits per heavy atom. The van der Waals surface area contributed by atoms with Crippen LogP contribution >= 0.6 is 0 Å². The van der Waals surface area contributed by atoms with E-state index in [0.717, 1.165) is 36.6 Å². The van der Waals surface area contributed by atoms with E-state index in [4.69, 9.17) is 10.5 Å². The molecule has 1 aromatic heterocycles. The average Bonchev–Trinajstić information content (AvgIpc) is 2.56. The number of ether oxygens (including phenoxy) is 1. The zero-order valence-electron chi connectivity index (χ0n) is 11.8. The molecule has 0 radical (unpaired) electrons. The fraction of sp³-hybridized carbons (Fsp3) is 0.769. The maximum absolute atomic E-state index is 6.08. The Labute approximate surface area is 109 Å². The van der Waals surface area contributed by atoms with Gasteiger partial charge in [-0.2, -0.15) is 5.10 Å². The van der Waals surface area contributed by atoms with Gasteiger partial charge in [0.25, 0.3) is 0 Å². The highest BCUT2D eigenvalue weighted by atomic mass is 16.5. The number of nitrogens with zero attached hydrogens (tertiary/aromatic N) is 2. The summed E-state index contributed by atoms with van der Waals surface area (Å²) in [5, 5.41) is 7.90. The molecule has 0 unspecified atom stereocenters. The summed E-state index contributed by atoms with van der Waals surface area (Å²) in [4.78, 5) is 0. The van der Waals surface area contributed by atoms with Crippen LogP contribution in [0.25, 0.3) is 0 Å². The molecule has 5 nitrogen and oxygen atoms in total. The highest BCUT2D eigenvalue weighted by Gasteiger charge is 2.37. The number of hydrogen-bond acceptors (Lipinski definition) is 4. The van der Waals surface area contributed by atoms with Gasteiger partial charge >= 0.3 is 0 Å². The third-order valence-corrected chi connectivity index (χ3v) is 3.90. The number of aromatic nitrogens is 2. The van der Waals surface area contributed by atoms with Gasteiger partial charge in [-0.25, -0.2) is 4.68 Å². The normalized spacial score (nSPS) is 17.8. The molecule has 1 aliphatic carbocycles. The molecule has 1 saturated carbocycles. The first-order valence-corrected chi connectivity index (χ1v) is 6.63. The Morgan fingerprint density at radius 3 is 2.61 bits per heavy atom. The molecule has 102 valence electrons. The lowest BCUT2D eigenvalue weighted by Gasteiger charge is -2.40. The van der Waals surface area contributed by atoms with Gasteiger partial charge in [0.05, 0.1) is 17.0 Å². The molecule has 0 aromatic carbocycles. The summed E-state index contributed by atoms with van der Waals surface area (Å²) in [7, 11) is 1.79. The number of hydrogen-bond donors (Lipinski definition) is 2. The van der Waals surface area contributed by atoms with Crippen LogP contribution in [0.15, 0.2) is 0 Å². The highest BCUT2D eigenvalue weighted by molar-refractivity contribution is 5.65. The molecule has 1 heterocycles. The van der Waals surface area contributed by atoms with Gasteiger partial charge in [-0.15, -0.1) is 0 Å². The van der Waals surface area contributed by atoms with Crippen LogP contribution in [-0.2, 0) is 4.74 Å². The molecule has 1 aromatic rings. The summed E-state index contributed by atoms with van der Waals surface area (Å²) >= 11 is 0. The molecule has 0 spiro atoms. The molecule has 0 aliphatic heterocycles. The van der Waals surface area contributed by atoms with E-state index in [-0.39, 0.29) is 5.60 Å². The smallest absolute Gasteiger partial charge is 0.148 e. The summed E-state index contributed by atoms with van der Waals surface area (Å²) in [6, 6.07) is 0.295. The van der Waals surface area contributed by atoms with Gasteiger partial charge in [0.15, 0.2) is 0 Å². The predicted octanol–water partition coefficient (Wildman–Crippen LogP) is 2.34. The van der Waals surface area contributed by atoms with Crippen molar-refractivity contribution in [1.82, 2.24) is 9.78 Å². The summed E-state index contributed by atoms with van der Waals surface area (Å²) in [5.74, 6) is 0.922. The van der Waals surface area contributed by atoms with Crippen molar-refractivity contribution < 1.29 is 4.74 Å². The molecule has 5 heteroatoms. The first kappa shape index (κ1) is 13.2. The minimum atomic E-state index is -0.00752. The number of methoxy groups -OCH3 is 1. The van der Waals surface area contributed by atoms with Crippen molar-refractivity contribution in [2.45, 2.75) is 51.7 Å². The molecule has 18 heavy (non-hydrogen) atoms. The Balaban J connectivity index is 2.13. The van der Waals surface area contributed by atoms with Crippen LogP contribution < -0.4 is 11.1 Å². The number of rotatable bonds is 5. The van der Waals surface area contributed by atoms with Crippen LogP contribution in [0.1, 0.15) is 44.8 Å². The average molecular weight is 252 g/mol. The second kappa shape index (κ2) is 4.80. The van der Waals surface area contributed by atoms with Crippen LogP contribution in [0.5, 0.6) is 0 Å². The number of anilines is 2. The first-order valence-electron chi connectivity index (χ1n) is 6.63. The molecule has 0 bridgehead atoms. The van der Waals surface area contributed by atoms with Crippen LogP contribution in [0, 0.1) is 6.92 Å². The zero-order valence-corrected chi connectivity index (χ0v) is 11.8. The predicted molar refractivity (Wildman–Crippen MR) is 73.8 cm³/mol. The maximum Gasteiger partial charge on any atom is 0.148 e. The van der Waals surface area contributed by atoms with Crippen molar-refractivity contribution >= 4 is 11.5 Å². The van der Waals surface area contributed by atoms with E-state index in [2.05, 4.69) is 24.3 Å². The lowest BCUT2D eigenvalue weighted by Crippen LogP contribution is -2.45. The summed E-state index contributed by atoms with van der Waals surface area (Å²) < 4.78 is 7.56. The van der Waals surface area contributed by atoms with Gasteiger partial charge in [-0.05, 0) is 40.0 Å². The van der Waals surface area contributed by atoms with E-state index in [1.54, 1.807) is 7.11 Å². The van der Waals surface area contributed by atoms with Crippen molar-refractivity contribution in [2.75, 3.05) is 24.7 Å². The minimum Gasteiger partial charge on any atom is -0.394 e. The molecule has 1 fully saturated rings. The number of nitrogens with two attached hydrogens (primary N) is 1. The molecule has 1 aliphatic rings. The largest absolute Gasteiger partial charge is 0.394 e. The first-order chi connectivity index (χ1) is 8.49. The van der Waals surface area contributed by atoms with Crippen molar-refractivity contribution in [3.63, 3.8) is 0 Å². The van der Waals surface area contributed by atoms with Crippen LogP contribution in [-0.4, -0.2) is 29.0 Å². The number of aryl methyl sites for hydroxylation is 1. The molecular weight excluding hydrogens is 228 g/mol. The SMILES string of the molecule is COC1(CNc2c(N)c(C)nn2C(C)C)CCC1. The summed E-state index contributed by atoms with van der Waals surface area (Å²) in [6.07, 6.45) is 3.48. The van der Waals surface area contributed by atoms with Gasteiger partial charge in [0, 0.05) is 19.7 Å². The summed E-state index contributed by atoms with van der Waals surface area (Å²) in [6.45, 7) is 6.94. The van der Waals surface area contributed by atoms with Crippen LogP contribution in [0.4, 0.5) is 11.5 Å². The topological polar surface area (TPSA) is 65.1 Å². The van der Waals surface area contributed by atoms with Gasteiger partial charge in [0.1, 0.15) is 5.82 Å². The quantitative estimate of drug-likeness (QED) is 0.844. The Kier molecular flexibility index (Phi) is 3.52. The monoisotopic (exact) mass is 252 g/mol. The molecule has 3 N–H and O–H groups in total. The van der Waals surface area contributed by atoms with Gasteiger partial charge in [0.2, 0.25) is 0 Å². The maximum atomic E-state index is 6.08. The fourth-order valence-corrected chi connectivity index (χ4v) is 2.38. The van der Waals surface area contributed by atoms with Crippen molar-refractivity contribution in [3.8, 4) is 0 Å². The van der Waals surface area contributed by atoms with Crippen LogP contribution in [0.3, 0.4) is 0 Å². The molecule has 2 rings (SSSR count). The Hall–Kier alpha value is -1.23. The lowest BCUT2D eigenvalue weighted by atomic mass is 9.80. The summed E-state index contributed by atoms with van der Waals surface area (Å²) in [5.41, 5.74) is 7.70.